The van der Waals surface area contributed by atoms with Crippen LogP contribution in [-0.4, -0.2) is 76.4 Å². The number of nitrogens with zero attached hydrogens (tertiary/aromatic N) is 4. The first-order chi connectivity index (χ1) is 17.7. The van der Waals surface area contributed by atoms with Crippen LogP contribution < -0.4 is 4.90 Å². The molecule has 0 unspecified atom stereocenters. The van der Waals surface area contributed by atoms with E-state index in [9.17, 15) is 9.59 Å². The summed E-state index contributed by atoms with van der Waals surface area (Å²) < 4.78 is 11.2. The molecule has 1 aromatic heterocycles. The first kappa shape index (κ1) is 30.2. The molecule has 1 saturated heterocycles. The van der Waals surface area contributed by atoms with Gasteiger partial charge in [0.25, 0.3) is 0 Å². The summed E-state index contributed by atoms with van der Waals surface area (Å²) in [6, 6.07) is 5.05. The number of fused-ring (bicyclic) bond motifs is 1. The maximum absolute atomic E-state index is 12.8. The van der Waals surface area contributed by atoms with Gasteiger partial charge in [-0.15, -0.1) is 0 Å². The Morgan fingerprint density at radius 3 is 2.34 bits per heavy atom. The molecule has 0 N–H and O–H groups in total. The predicted octanol–water partition coefficient (Wildman–Crippen LogP) is 6.20. The number of aryl methyl sites for hydroxylation is 2. The molecule has 2 aliphatic heterocycles. The molecule has 38 heavy (non-hydrogen) atoms. The van der Waals surface area contributed by atoms with Gasteiger partial charge in [-0.05, 0) is 112 Å². The number of likely N-dealkylation sites (tertiary alicyclic amines) is 1. The molecule has 0 bridgehead atoms. The van der Waals surface area contributed by atoms with Gasteiger partial charge >= 0.3 is 12.2 Å². The van der Waals surface area contributed by atoms with Crippen LogP contribution in [0.5, 0.6) is 0 Å². The third-order valence-corrected chi connectivity index (χ3v) is 7.01. The molecule has 2 aliphatic rings. The summed E-state index contributed by atoms with van der Waals surface area (Å²) in [7, 11) is 0. The zero-order valence-electron chi connectivity index (χ0n) is 25.0. The Balaban J connectivity index is 1.48. The second-order valence-corrected chi connectivity index (χ2v) is 13.0. The number of pyridine rings is 1. The molecule has 0 spiro atoms. The number of hydrogen-bond donors (Lipinski definition) is 0. The van der Waals surface area contributed by atoms with Crippen LogP contribution in [0.4, 0.5) is 15.4 Å². The number of carbonyl (C=O) groups is 2. The molecule has 3 rings (SSSR count). The summed E-state index contributed by atoms with van der Waals surface area (Å²) in [5.74, 6) is 0.768. The molecular formula is C30H50N4O4. The monoisotopic (exact) mass is 530 g/mol. The SMILES string of the molecule is CC(C)N(CCCCCc1ccc2c(n1)N(C(=O)OC(C)(C)C)CCC2)[C@@H]1CCN(C(=O)OC(C)(C)C)C1. The van der Waals surface area contributed by atoms with E-state index in [-0.39, 0.29) is 12.2 Å². The topological polar surface area (TPSA) is 75.2 Å². The number of unbranched alkanes of at least 4 members (excludes halogenated alkanes) is 2. The number of rotatable bonds is 8. The van der Waals surface area contributed by atoms with Crippen molar-refractivity contribution in [1.29, 1.82) is 0 Å². The fourth-order valence-corrected chi connectivity index (χ4v) is 5.26. The van der Waals surface area contributed by atoms with E-state index in [1.165, 1.54) is 0 Å². The van der Waals surface area contributed by atoms with Crippen LogP contribution in [0.1, 0.15) is 98.8 Å². The Morgan fingerprint density at radius 1 is 1.00 bits per heavy atom. The van der Waals surface area contributed by atoms with Crippen molar-refractivity contribution in [2.24, 2.45) is 0 Å². The van der Waals surface area contributed by atoms with Crippen molar-refractivity contribution in [3.8, 4) is 0 Å². The first-order valence-corrected chi connectivity index (χ1v) is 14.5. The van der Waals surface area contributed by atoms with Gasteiger partial charge in [0.15, 0.2) is 0 Å². The van der Waals surface area contributed by atoms with Crippen molar-refractivity contribution in [3.05, 3.63) is 23.4 Å². The standard InChI is InChI=1S/C30H50N4O4/c1-22(2)33(25-17-20-32(21-25)27(35)37-29(3,4)5)18-11-9-10-14-24-16-15-23-13-12-19-34(26(23)31-24)28(36)38-30(6,7)8/h15-16,22,25H,9-14,17-21H2,1-8H3/t25-/m1/s1. The highest BCUT2D eigenvalue weighted by Crippen LogP contribution is 2.28. The number of ether oxygens (including phenoxy) is 2. The third-order valence-electron chi connectivity index (χ3n) is 7.01. The molecule has 0 saturated carbocycles. The highest BCUT2D eigenvalue weighted by molar-refractivity contribution is 5.88. The fraction of sp³-hybridized carbons (Fsp3) is 0.767. The van der Waals surface area contributed by atoms with Crippen LogP contribution in [0.25, 0.3) is 0 Å². The summed E-state index contributed by atoms with van der Waals surface area (Å²) in [5, 5.41) is 0. The van der Waals surface area contributed by atoms with Gasteiger partial charge in [-0.2, -0.15) is 0 Å². The van der Waals surface area contributed by atoms with E-state index in [1.54, 1.807) is 4.90 Å². The Labute approximate surface area is 230 Å². The van der Waals surface area contributed by atoms with Gasteiger partial charge in [0.2, 0.25) is 0 Å². The van der Waals surface area contributed by atoms with Crippen molar-refractivity contribution in [2.45, 2.75) is 124 Å². The fourth-order valence-electron chi connectivity index (χ4n) is 5.26. The zero-order chi connectivity index (χ0) is 28.1. The van der Waals surface area contributed by atoms with Gasteiger partial charge in [0.05, 0.1) is 0 Å². The van der Waals surface area contributed by atoms with E-state index in [0.717, 1.165) is 81.7 Å². The Morgan fingerprint density at radius 2 is 1.68 bits per heavy atom. The van der Waals surface area contributed by atoms with Gasteiger partial charge in [0, 0.05) is 37.4 Å². The van der Waals surface area contributed by atoms with Crippen molar-refractivity contribution in [2.75, 3.05) is 31.1 Å². The normalized spacial score (nSPS) is 18.2. The summed E-state index contributed by atoms with van der Waals surface area (Å²) in [5.41, 5.74) is 1.16. The molecule has 1 aromatic rings. The number of anilines is 1. The second-order valence-electron chi connectivity index (χ2n) is 13.0. The van der Waals surface area contributed by atoms with Crippen molar-refractivity contribution >= 4 is 18.0 Å². The van der Waals surface area contributed by atoms with Crippen LogP contribution in [0.3, 0.4) is 0 Å². The summed E-state index contributed by atoms with van der Waals surface area (Å²) in [4.78, 5) is 36.2. The lowest BCUT2D eigenvalue weighted by Crippen LogP contribution is -2.44. The number of amides is 2. The quantitative estimate of drug-likeness (QED) is 0.373. The minimum Gasteiger partial charge on any atom is -0.444 e. The van der Waals surface area contributed by atoms with Crippen molar-refractivity contribution in [1.82, 2.24) is 14.8 Å². The van der Waals surface area contributed by atoms with E-state index in [4.69, 9.17) is 14.5 Å². The molecule has 1 atom stereocenters. The molecule has 1 fully saturated rings. The van der Waals surface area contributed by atoms with E-state index in [2.05, 4.69) is 30.9 Å². The highest BCUT2D eigenvalue weighted by Gasteiger charge is 2.33. The number of carbonyl (C=O) groups excluding carboxylic acids is 2. The molecule has 0 aliphatic carbocycles. The third kappa shape index (κ3) is 8.85. The average molecular weight is 531 g/mol. The Kier molecular flexibility index (Phi) is 10.1. The van der Waals surface area contributed by atoms with Crippen LogP contribution >= 0.6 is 0 Å². The van der Waals surface area contributed by atoms with Gasteiger partial charge in [-0.1, -0.05) is 12.5 Å². The lowest BCUT2D eigenvalue weighted by molar-refractivity contribution is 0.0274. The van der Waals surface area contributed by atoms with Crippen molar-refractivity contribution in [3.63, 3.8) is 0 Å². The van der Waals surface area contributed by atoms with Crippen LogP contribution in [0.15, 0.2) is 12.1 Å². The minimum atomic E-state index is -0.525. The van der Waals surface area contributed by atoms with E-state index in [1.807, 2.05) is 46.4 Å². The molecule has 0 radical (unpaired) electrons. The van der Waals surface area contributed by atoms with E-state index < -0.39 is 11.2 Å². The number of hydrogen-bond acceptors (Lipinski definition) is 6. The second kappa shape index (κ2) is 12.7. The van der Waals surface area contributed by atoms with Crippen LogP contribution in [0.2, 0.25) is 0 Å². The maximum atomic E-state index is 12.8. The summed E-state index contributed by atoms with van der Waals surface area (Å²) in [6.45, 7) is 19.1. The number of aromatic nitrogens is 1. The lowest BCUT2D eigenvalue weighted by atomic mass is 10.0. The smallest absolute Gasteiger partial charge is 0.416 e. The highest BCUT2D eigenvalue weighted by atomic mass is 16.6. The van der Waals surface area contributed by atoms with Crippen LogP contribution in [-0.2, 0) is 22.3 Å². The Hall–Kier alpha value is -2.35. The average Bonchev–Trinajstić information content (AvgIpc) is 3.28. The van der Waals surface area contributed by atoms with Gasteiger partial charge < -0.3 is 14.4 Å². The molecule has 2 amide bonds. The first-order valence-electron chi connectivity index (χ1n) is 14.5. The molecule has 0 aromatic carbocycles. The van der Waals surface area contributed by atoms with Crippen LogP contribution in [0, 0.1) is 0 Å². The van der Waals surface area contributed by atoms with Gasteiger partial charge in [-0.3, -0.25) is 9.80 Å². The minimum absolute atomic E-state index is 0.202. The van der Waals surface area contributed by atoms with Gasteiger partial charge in [-0.25, -0.2) is 14.6 Å². The van der Waals surface area contributed by atoms with Gasteiger partial charge in [0.1, 0.15) is 17.0 Å². The molecule has 8 nitrogen and oxygen atoms in total. The van der Waals surface area contributed by atoms with Crippen molar-refractivity contribution < 1.29 is 19.1 Å². The lowest BCUT2D eigenvalue weighted by Gasteiger charge is -2.33. The predicted molar refractivity (Wildman–Crippen MR) is 152 cm³/mol. The molecule has 3 heterocycles. The summed E-state index contributed by atoms with van der Waals surface area (Å²) in [6.07, 6.45) is 6.52. The largest absolute Gasteiger partial charge is 0.444 e. The van der Waals surface area contributed by atoms with E-state index in [0.29, 0.717) is 18.6 Å². The molecular weight excluding hydrogens is 480 g/mol. The summed E-state index contributed by atoms with van der Waals surface area (Å²) >= 11 is 0. The van der Waals surface area contributed by atoms with E-state index >= 15 is 0 Å². The molecule has 8 heteroatoms. The zero-order valence-corrected chi connectivity index (χ0v) is 25.0. The Bertz CT molecular complexity index is 951. The molecule has 214 valence electrons. The maximum Gasteiger partial charge on any atom is 0.416 e.